The Hall–Kier alpha value is -0.960. The van der Waals surface area contributed by atoms with E-state index in [0.717, 1.165) is 17.3 Å². The first-order valence-corrected chi connectivity index (χ1v) is 6.27. The van der Waals surface area contributed by atoms with Gasteiger partial charge in [0, 0.05) is 28.8 Å². The van der Waals surface area contributed by atoms with Gasteiger partial charge in [0.2, 0.25) is 0 Å². The molecule has 0 heterocycles. The molecule has 0 bridgehead atoms. The summed E-state index contributed by atoms with van der Waals surface area (Å²) < 4.78 is 0.959. The second kappa shape index (κ2) is 4.91. The highest BCUT2D eigenvalue weighted by molar-refractivity contribution is 9.10. The SMILES string of the molecule is O=C(CC1CCCC1=O)c1ccc(Br)cc1. The molecular weight excluding hydrogens is 268 g/mol. The molecule has 3 heteroatoms. The Bertz CT molecular complexity index is 408. The number of carbonyl (C=O) groups excluding carboxylic acids is 2. The molecule has 0 aliphatic heterocycles. The molecule has 1 saturated carbocycles. The van der Waals surface area contributed by atoms with E-state index in [9.17, 15) is 9.59 Å². The van der Waals surface area contributed by atoms with Gasteiger partial charge in [-0.25, -0.2) is 0 Å². The summed E-state index contributed by atoms with van der Waals surface area (Å²) in [5, 5.41) is 0. The summed E-state index contributed by atoms with van der Waals surface area (Å²) in [5.74, 6) is 0.300. The van der Waals surface area contributed by atoms with E-state index in [2.05, 4.69) is 15.9 Å². The Morgan fingerprint density at radius 2 is 2.00 bits per heavy atom. The zero-order valence-electron chi connectivity index (χ0n) is 8.91. The predicted octanol–water partition coefficient (Wildman–Crippen LogP) is 3.39. The molecule has 0 amide bonds. The molecule has 0 spiro atoms. The maximum atomic E-state index is 11.9. The lowest BCUT2D eigenvalue weighted by Crippen LogP contribution is -2.12. The maximum absolute atomic E-state index is 11.9. The molecule has 2 rings (SSSR count). The molecular formula is C13H13BrO2. The van der Waals surface area contributed by atoms with Crippen LogP contribution in [0.5, 0.6) is 0 Å². The highest BCUT2D eigenvalue weighted by Gasteiger charge is 2.26. The fourth-order valence-electron chi connectivity index (χ4n) is 2.08. The number of hydrogen-bond acceptors (Lipinski definition) is 2. The van der Waals surface area contributed by atoms with Crippen LogP contribution in [0.3, 0.4) is 0 Å². The maximum Gasteiger partial charge on any atom is 0.163 e. The van der Waals surface area contributed by atoms with Crippen molar-refractivity contribution in [2.75, 3.05) is 0 Å². The van der Waals surface area contributed by atoms with Crippen LogP contribution in [0.2, 0.25) is 0 Å². The second-order valence-electron chi connectivity index (χ2n) is 4.19. The summed E-state index contributed by atoms with van der Waals surface area (Å²) in [6, 6.07) is 7.30. The van der Waals surface area contributed by atoms with Crippen molar-refractivity contribution in [2.24, 2.45) is 5.92 Å². The van der Waals surface area contributed by atoms with Crippen molar-refractivity contribution in [3.63, 3.8) is 0 Å². The molecule has 0 N–H and O–H groups in total. The third-order valence-electron chi connectivity index (χ3n) is 3.03. The van der Waals surface area contributed by atoms with E-state index in [1.807, 2.05) is 12.1 Å². The fourth-order valence-corrected chi connectivity index (χ4v) is 2.35. The number of rotatable bonds is 3. The van der Waals surface area contributed by atoms with E-state index in [1.165, 1.54) is 0 Å². The number of ketones is 2. The van der Waals surface area contributed by atoms with Gasteiger partial charge < -0.3 is 0 Å². The van der Waals surface area contributed by atoms with Gasteiger partial charge in [0.15, 0.2) is 5.78 Å². The first kappa shape index (κ1) is 11.5. The third-order valence-corrected chi connectivity index (χ3v) is 3.56. The van der Waals surface area contributed by atoms with Gasteiger partial charge in [0.1, 0.15) is 5.78 Å². The minimum atomic E-state index is -0.0313. The van der Waals surface area contributed by atoms with Gasteiger partial charge >= 0.3 is 0 Å². The van der Waals surface area contributed by atoms with Crippen LogP contribution in [0.15, 0.2) is 28.7 Å². The van der Waals surface area contributed by atoms with Crippen LogP contribution in [0.4, 0.5) is 0 Å². The molecule has 0 aromatic heterocycles. The van der Waals surface area contributed by atoms with E-state index >= 15 is 0 Å². The second-order valence-corrected chi connectivity index (χ2v) is 5.11. The average molecular weight is 281 g/mol. The van der Waals surface area contributed by atoms with E-state index in [0.29, 0.717) is 18.4 Å². The smallest absolute Gasteiger partial charge is 0.163 e. The molecule has 84 valence electrons. The first-order valence-electron chi connectivity index (χ1n) is 5.48. The molecule has 1 unspecified atom stereocenters. The summed E-state index contributed by atoms with van der Waals surface area (Å²) >= 11 is 3.33. The van der Waals surface area contributed by atoms with E-state index in [1.54, 1.807) is 12.1 Å². The van der Waals surface area contributed by atoms with Crippen LogP contribution in [0, 0.1) is 5.92 Å². The number of carbonyl (C=O) groups is 2. The van der Waals surface area contributed by atoms with Crippen LogP contribution >= 0.6 is 15.9 Å². The quantitative estimate of drug-likeness (QED) is 0.796. The number of halogens is 1. The largest absolute Gasteiger partial charge is 0.299 e. The van der Waals surface area contributed by atoms with Crippen LogP contribution in [-0.4, -0.2) is 11.6 Å². The van der Waals surface area contributed by atoms with Crippen molar-refractivity contribution in [3.05, 3.63) is 34.3 Å². The minimum Gasteiger partial charge on any atom is -0.299 e. The monoisotopic (exact) mass is 280 g/mol. The summed E-state index contributed by atoms with van der Waals surface area (Å²) in [6.07, 6.45) is 2.84. The Kier molecular flexibility index (Phi) is 3.54. The van der Waals surface area contributed by atoms with Gasteiger partial charge in [-0.2, -0.15) is 0 Å². The van der Waals surface area contributed by atoms with Crippen LogP contribution in [0.1, 0.15) is 36.0 Å². The van der Waals surface area contributed by atoms with E-state index in [-0.39, 0.29) is 17.5 Å². The Morgan fingerprint density at radius 1 is 1.31 bits per heavy atom. The van der Waals surface area contributed by atoms with Gasteiger partial charge in [-0.05, 0) is 25.0 Å². The van der Waals surface area contributed by atoms with Crippen LogP contribution < -0.4 is 0 Å². The van der Waals surface area contributed by atoms with Crippen molar-refractivity contribution in [1.82, 2.24) is 0 Å². The average Bonchev–Trinajstić information content (AvgIpc) is 2.65. The molecule has 1 aliphatic carbocycles. The summed E-state index contributed by atoms with van der Waals surface area (Å²) in [6.45, 7) is 0. The van der Waals surface area contributed by atoms with Gasteiger partial charge in [-0.3, -0.25) is 9.59 Å². The number of benzene rings is 1. The van der Waals surface area contributed by atoms with Crippen molar-refractivity contribution >= 4 is 27.5 Å². The molecule has 1 aliphatic rings. The lowest BCUT2D eigenvalue weighted by molar-refractivity contribution is -0.120. The van der Waals surface area contributed by atoms with Gasteiger partial charge in [-0.15, -0.1) is 0 Å². The van der Waals surface area contributed by atoms with Gasteiger partial charge in [0.25, 0.3) is 0 Å². The Labute approximate surface area is 103 Å². The third kappa shape index (κ3) is 2.59. The van der Waals surface area contributed by atoms with Crippen LogP contribution in [0.25, 0.3) is 0 Å². The minimum absolute atomic E-state index is 0.0313. The van der Waals surface area contributed by atoms with Gasteiger partial charge in [0.05, 0.1) is 0 Å². The molecule has 1 atom stereocenters. The standard InChI is InChI=1S/C13H13BrO2/c14-11-6-4-9(5-7-11)13(16)8-10-2-1-3-12(10)15/h4-7,10H,1-3,8H2. The molecule has 0 radical (unpaired) electrons. The zero-order valence-corrected chi connectivity index (χ0v) is 10.5. The van der Waals surface area contributed by atoms with Crippen LogP contribution in [-0.2, 0) is 4.79 Å². The summed E-state index contributed by atoms with van der Waals surface area (Å²) in [7, 11) is 0. The lowest BCUT2D eigenvalue weighted by atomic mass is 9.96. The molecule has 1 fully saturated rings. The summed E-state index contributed by atoms with van der Waals surface area (Å²) in [5.41, 5.74) is 0.697. The zero-order chi connectivity index (χ0) is 11.5. The van der Waals surface area contributed by atoms with Crippen molar-refractivity contribution in [2.45, 2.75) is 25.7 Å². The van der Waals surface area contributed by atoms with Crippen molar-refractivity contribution in [1.29, 1.82) is 0 Å². The molecule has 16 heavy (non-hydrogen) atoms. The van der Waals surface area contributed by atoms with E-state index in [4.69, 9.17) is 0 Å². The topological polar surface area (TPSA) is 34.1 Å². The lowest BCUT2D eigenvalue weighted by Gasteiger charge is -2.06. The normalized spacial score (nSPS) is 20.1. The molecule has 1 aromatic rings. The highest BCUT2D eigenvalue weighted by Crippen LogP contribution is 2.26. The number of hydrogen-bond donors (Lipinski definition) is 0. The molecule has 2 nitrogen and oxygen atoms in total. The summed E-state index contributed by atoms with van der Waals surface area (Å²) in [4.78, 5) is 23.3. The molecule has 0 saturated heterocycles. The predicted molar refractivity (Wildman–Crippen MR) is 65.4 cm³/mol. The number of Topliss-reactive ketones (excluding diaryl/α,β-unsaturated/α-hetero) is 2. The van der Waals surface area contributed by atoms with Crippen molar-refractivity contribution in [3.8, 4) is 0 Å². The van der Waals surface area contributed by atoms with Crippen molar-refractivity contribution < 1.29 is 9.59 Å². The van der Waals surface area contributed by atoms with E-state index < -0.39 is 0 Å². The Morgan fingerprint density at radius 3 is 2.56 bits per heavy atom. The van der Waals surface area contributed by atoms with Gasteiger partial charge in [-0.1, -0.05) is 28.1 Å². The first-order chi connectivity index (χ1) is 7.66. The molecule has 1 aromatic carbocycles. The fraction of sp³-hybridized carbons (Fsp3) is 0.385. The Balaban J connectivity index is 2.02. The highest BCUT2D eigenvalue weighted by atomic mass is 79.9.